The van der Waals surface area contributed by atoms with Gasteiger partial charge in [-0.3, -0.25) is 0 Å². The molecule has 0 aliphatic rings. The van der Waals surface area contributed by atoms with E-state index in [9.17, 15) is 0 Å². The minimum absolute atomic E-state index is 0.628. The summed E-state index contributed by atoms with van der Waals surface area (Å²) >= 11 is 0. The van der Waals surface area contributed by atoms with Crippen LogP contribution in [0.1, 0.15) is 36.8 Å². The Hall–Kier alpha value is -2.07. The molecule has 0 aliphatic heterocycles. The third-order valence-corrected chi connectivity index (χ3v) is 3.63. The topological polar surface area (TPSA) is 51.2 Å². The normalized spacial score (nSPS) is 11.3. The molecule has 0 spiro atoms. The highest BCUT2D eigenvalue weighted by molar-refractivity contribution is 5.82. The second-order valence-corrected chi connectivity index (χ2v) is 5.03. The van der Waals surface area contributed by atoms with Crippen LogP contribution >= 0.6 is 0 Å². The zero-order valence-electron chi connectivity index (χ0n) is 12.5. The minimum Gasteiger partial charge on any atom is -0.461 e. The molecule has 2 aromatic heterocycles. The van der Waals surface area contributed by atoms with Crippen molar-refractivity contribution in [1.29, 1.82) is 0 Å². The van der Waals surface area contributed by atoms with Gasteiger partial charge in [0, 0.05) is 30.3 Å². The number of oxazole rings is 1. The monoisotopic (exact) mass is 284 g/mol. The maximum Gasteiger partial charge on any atom is 0.208 e. The quantitative estimate of drug-likeness (QED) is 0.747. The zero-order chi connectivity index (χ0) is 14.7. The Morgan fingerprint density at radius 2 is 1.90 bits per heavy atom. The zero-order valence-corrected chi connectivity index (χ0v) is 12.5. The summed E-state index contributed by atoms with van der Waals surface area (Å²) in [6.07, 6.45) is 3.56. The van der Waals surface area contributed by atoms with E-state index in [-0.39, 0.29) is 0 Å². The van der Waals surface area contributed by atoms with Crippen LogP contribution in [0.5, 0.6) is 0 Å². The lowest BCUT2D eigenvalue weighted by Gasteiger charge is -2.03. The molecule has 0 saturated carbocycles. The van der Waals surface area contributed by atoms with E-state index in [1.54, 1.807) is 6.20 Å². The highest BCUT2D eigenvalue weighted by Crippen LogP contribution is 2.26. The molecular formula is C17H20N2O2. The van der Waals surface area contributed by atoms with Gasteiger partial charge in [-0.15, -0.1) is 0 Å². The number of nitrogens with one attached hydrogen (secondary N) is 1. The van der Waals surface area contributed by atoms with Gasteiger partial charge in [0.25, 0.3) is 0 Å². The third kappa shape index (κ3) is 2.85. The van der Waals surface area contributed by atoms with Crippen LogP contribution in [0.15, 0.2) is 39.3 Å². The number of aryl methyl sites for hydroxylation is 2. The third-order valence-electron chi connectivity index (χ3n) is 3.63. The number of hydrogen-bond donors (Lipinski definition) is 1. The van der Waals surface area contributed by atoms with Crippen molar-refractivity contribution in [2.24, 2.45) is 0 Å². The summed E-state index contributed by atoms with van der Waals surface area (Å²) < 4.78 is 11.5. The van der Waals surface area contributed by atoms with Gasteiger partial charge in [-0.1, -0.05) is 32.0 Å². The van der Waals surface area contributed by atoms with Crippen LogP contribution in [-0.4, -0.2) is 4.98 Å². The Morgan fingerprint density at radius 1 is 1.05 bits per heavy atom. The van der Waals surface area contributed by atoms with Crippen molar-refractivity contribution in [1.82, 2.24) is 10.3 Å². The Morgan fingerprint density at radius 3 is 2.67 bits per heavy atom. The molecule has 1 N–H and O–H groups in total. The second-order valence-electron chi connectivity index (χ2n) is 5.03. The number of hydrogen-bond acceptors (Lipinski definition) is 4. The molecule has 0 fully saturated rings. The van der Waals surface area contributed by atoms with Crippen LogP contribution in [0.2, 0.25) is 0 Å². The number of nitrogens with zero attached hydrogens (tertiary/aromatic N) is 1. The first-order chi connectivity index (χ1) is 10.3. The fourth-order valence-electron chi connectivity index (χ4n) is 2.52. The summed E-state index contributed by atoms with van der Waals surface area (Å²) in [4.78, 5) is 4.26. The summed E-state index contributed by atoms with van der Waals surface area (Å²) in [7, 11) is 0. The summed E-state index contributed by atoms with van der Waals surface area (Å²) in [5, 5.41) is 4.58. The lowest BCUT2D eigenvalue weighted by molar-refractivity contribution is 0.438. The standard InChI is InChI=1S/C17H20N2O2/c1-3-12-9-19-17(20-12)11-18-10-14-13-7-5-6-8-16(13)21-15(14)4-2/h5-9,18H,3-4,10-11H2,1-2H3. The van der Waals surface area contributed by atoms with Gasteiger partial charge in [0.2, 0.25) is 5.89 Å². The van der Waals surface area contributed by atoms with Crippen LogP contribution in [0, 0.1) is 0 Å². The van der Waals surface area contributed by atoms with Crippen molar-refractivity contribution in [3.05, 3.63) is 53.4 Å². The van der Waals surface area contributed by atoms with Crippen LogP contribution in [-0.2, 0) is 25.9 Å². The van der Waals surface area contributed by atoms with Crippen molar-refractivity contribution in [2.45, 2.75) is 39.8 Å². The van der Waals surface area contributed by atoms with E-state index >= 15 is 0 Å². The average molecular weight is 284 g/mol. The average Bonchev–Trinajstić information content (AvgIpc) is 3.12. The predicted molar refractivity (Wildman–Crippen MR) is 82.0 cm³/mol. The molecule has 21 heavy (non-hydrogen) atoms. The number of fused-ring (bicyclic) bond motifs is 1. The van der Waals surface area contributed by atoms with Crippen LogP contribution in [0.3, 0.4) is 0 Å². The highest BCUT2D eigenvalue weighted by atomic mass is 16.4. The van der Waals surface area contributed by atoms with Crippen molar-refractivity contribution >= 4 is 11.0 Å². The van der Waals surface area contributed by atoms with Gasteiger partial charge in [-0.25, -0.2) is 4.98 Å². The minimum atomic E-state index is 0.628. The van der Waals surface area contributed by atoms with E-state index in [2.05, 4.69) is 30.2 Å². The number of furan rings is 1. The van der Waals surface area contributed by atoms with E-state index in [0.29, 0.717) is 6.54 Å². The molecule has 0 bridgehead atoms. The summed E-state index contributed by atoms with van der Waals surface area (Å²) in [6.45, 7) is 5.55. The predicted octanol–water partition coefficient (Wildman–Crippen LogP) is 3.84. The lowest BCUT2D eigenvalue weighted by atomic mass is 10.1. The maximum atomic E-state index is 5.89. The molecular weight excluding hydrogens is 264 g/mol. The molecule has 0 amide bonds. The molecule has 2 heterocycles. The van der Waals surface area contributed by atoms with Crippen molar-refractivity contribution in [3.8, 4) is 0 Å². The molecule has 3 rings (SSSR count). The second kappa shape index (κ2) is 6.14. The van der Waals surface area contributed by atoms with Crippen molar-refractivity contribution < 1.29 is 8.83 Å². The molecule has 0 atom stereocenters. The lowest BCUT2D eigenvalue weighted by Crippen LogP contribution is -2.13. The van der Waals surface area contributed by atoms with Gasteiger partial charge >= 0.3 is 0 Å². The Bertz CT molecular complexity index is 727. The number of benzene rings is 1. The first-order valence-corrected chi connectivity index (χ1v) is 7.45. The molecule has 0 radical (unpaired) electrons. The van der Waals surface area contributed by atoms with E-state index in [0.717, 1.165) is 42.4 Å². The fourth-order valence-corrected chi connectivity index (χ4v) is 2.52. The Labute approximate surface area is 124 Å². The SMILES string of the molecule is CCc1cnc(CNCc2c(CC)oc3ccccc23)o1. The largest absolute Gasteiger partial charge is 0.461 e. The Kier molecular flexibility index (Phi) is 4.06. The highest BCUT2D eigenvalue weighted by Gasteiger charge is 2.12. The maximum absolute atomic E-state index is 5.89. The van der Waals surface area contributed by atoms with Crippen LogP contribution in [0.4, 0.5) is 0 Å². The Balaban J connectivity index is 1.72. The van der Waals surface area contributed by atoms with Crippen LogP contribution < -0.4 is 5.32 Å². The van der Waals surface area contributed by atoms with Gasteiger partial charge in [0.15, 0.2) is 0 Å². The summed E-state index contributed by atoms with van der Waals surface area (Å²) in [6, 6.07) is 8.17. The molecule has 4 nitrogen and oxygen atoms in total. The van der Waals surface area contributed by atoms with E-state index in [4.69, 9.17) is 8.83 Å². The fraction of sp³-hybridized carbons (Fsp3) is 0.353. The number of aromatic nitrogens is 1. The molecule has 4 heteroatoms. The van der Waals surface area contributed by atoms with Crippen molar-refractivity contribution in [2.75, 3.05) is 0 Å². The summed E-state index contributed by atoms with van der Waals surface area (Å²) in [5.74, 6) is 2.71. The van der Waals surface area contributed by atoms with Crippen molar-refractivity contribution in [3.63, 3.8) is 0 Å². The van der Waals surface area contributed by atoms with E-state index in [1.165, 1.54) is 10.9 Å². The summed E-state index contributed by atoms with van der Waals surface area (Å²) in [5.41, 5.74) is 2.19. The van der Waals surface area contributed by atoms with Gasteiger partial charge in [0.1, 0.15) is 17.1 Å². The molecule has 0 unspecified atom stereocenters. The molecule has 110 valence electrons. The molecule has 0 saturated heterocycles. The van der Waals surface area contributed by atoms with E-state index in [1.807, 2.05) is 18.2 Å². The first-order valence-electron chi connectivity index (χ1n) is 7.45. The molecule has 1 aromatic carbocycles. The smallest absolute Gasteiger partial charge is 0.208 e. The van der Waals surface area contributed by atoms with Crippen LogP contribution in [0.25, 0.3) is 11.0 Å². The van der Waals surface area contributed by atoms with E-state index < -0.39 is 0 Å². The van der Waals surface area contributed by atoms with Gasteiger partial charge in [-0.05, 0) is 6.07 Å². The number of rotatable bonds is 6. The first kappa shape index (κ1) is 13.9. The number of para-hydroxylation sites is 1. The van der Waals surface area contributed by atoms with Gasteiger partial charge in [0.05, 0.1) is 12.7 Å². The van der Waals surface area contributed by atoms with Gasteiger partial charge < -0.3 is 14.2 Å². The molecule has 0 aliphatic carbocycles. The molecule has 3 aromatic rings. The van der Waals surface area contributed by atoms with Gasteiger partial charge in [-0.2, -0.15) is 0 Å².